The standard InChI is InChI=1S/C17H11FN2O5/c1-25-16-5-2-9(6-13(16)18)15-8-12(17(21)22)11-7-10(20(23)24)3-4-14(11)19-15/h2-8H,1H3,(H,21,22). The van der Waals surface area contributed by atoms with Crippen molar-refractivity contribution < 1.29 is 24.0 Å². The van der Waals surface area contributed by atoms with Gasteiger partial charge in [0.2, 0.25) is 0 Å². The van der Waals surface area contributed by atoms with Crippen LogP contribution in [0.5, 0.6) is 5.75 Å². The summed E-state index contributed by atoms with van der Waals surface area (Å²) in [6.07, 6.45) is 0. The van der Waals surface area contributed by atoms with E-state index in [1.807, 2.05) is 0 Å². The average Bonchev–Trinajstić information content (AvgIpc) is 2.59. The van der Waals surface area contributed by atoms with E-state index in [-0.39, 0.29) is 33.6 Å². The van der Waals surface area contributed by atoms with Crippen molar-refractivity contribution in [2.24, 2.45) is 0 Å². The number of aromatic carboxylic acids is 1. The predicted octanol–water partition coefficient (Wildman–Crippen LogP) is 3.66. The van der Waals surface area contributed by atoms with Crippen molar-refractivity contribution in [2.45, 2.75) is 0 Å². The first-order chi connectivity index (χ1) is 11.9. The summed E-state index contributed by atoms with van der Waals surface area (Å²) in [6, 6.07) is 9.16. The van der Waals surface area contributed by atoms with E-state index in [9.17, 15) is 24.4 Å². The highest BCUT2D eigenvalue weighted by atomic mass is 19.1. The molecule has 0 spiro atoms. The molecule has 0 radical (unpaired) electrons. The van der Waals surface area contributed by atoms with Crippen molar-refractivity contribution >= 4 is 22.6 Å². The second-order valence-electron chi connectivity index (χ2n) is 5.17. The number of pyridine rings is 1. The van der Waals surface area contributed by atoms with Gasteiger partial charge in [-0.15, -0.1) is 0 Å². The Bertz CT molecular complexity index is 1020. The van der Waals surface area contributed by atoms with Crippen LogP contribution in [0.3, 0.4) is 0 Å². The van der Waals surface area contributed by atoms with Crippen molar-refractivity contribution in [2.75, 3.05) is 7.11 Å². The van der Waals surface area contributed by atoms with Crippen LogP contribution >= 0.6 is 0 Å². The molecule has 0 bridgehead atoms. The Hall–Kier alpha value is -3.55. The molecule has 7 nitrogen and oxygen atoms in total. The first kappa shape index (κ1) is 16.3. The van der Waals surface area contributed by atoms with E-state index in [1.54, 1.807) is 6.07 Å². The third-order valence-corrected chi connectivity index (χ3v) is 3.68. The number of aromatic nitrogens is 1. The maximum Gasteiger partial charge on any atom is 0.336 e. The second kappa shape index (κ2) is 6.16. The number of non-ortho nitro benzene ring substituents is 1. The molecule has 0 aliphatic heterocycles. The van der Waals surface area contributed by atoms with Crippen LogP contribution in [0.1, 0.15) is 10.4 Å². The van der Waals surface area contributed by atoms with Gasteiger partial charge in [-0.05, 0) is 30.3 Å². The maximum atomic E-state index is 13.9. The van der Waals surface area contributed by atoms with E-state index in [4.69, 9.17) is 4.74 Å². The molecule has 0 aliphatic rings. The van der Waals surface area contributed by atoms with Gasteiger partial charge in [0.15, 0.2) is 11.6 Å². The normalized spacial score (nSPS) is 10.6. The van der Waals surface area contributed by atoms with Gasteiger partial charge >= 0.3 is 5.97 Å². The summed E-state index contributed by atoms with van der Waals surface area (Å²) in [7, 11) is 1.34. The highest BCUT2D eigenvalue weighted by Gasteiger charge is 2.17. The van der Waals surface area contributed by atoms with Crippen molar-refractivity contribution in [3.05, 3.63) is 64.0 Å². The lowest BCUT2D eigenvalue weighted by Gasteiger charge is -2.08. The predicted molar refractivity (Wildman–Crippen MR) is 87.3 cm³/mol. The molecule has 1 N–H and O–H groups in total. The Balaban J connectivity index is 2.24. The smallest absolute Gasteiger partial charge is 0.336 e. The van der Waals surface area contributed by atoms with Gasteiger partial charge in [-0.25, -0.2) is 14.2 Å². The van der Waals surface area contributed by atoms with Crippen LogP contribution in [0.4, 0.5) is 10.1 Å². The monoisotopic (exact) mass is 342 g/mol. The average molecular weight is 342 g/mol. The highest BCUT2D eigenvalue weighted by Crippen LogP contribution is 2.29. The summed E-state index contributed by atoms with van der Waals surface area (Å²) in [5, 5.41) is 20.5. The SMILES string of the molecule is COc1ccc(-c2cc(C(=O)O)c3cc([N+](=O)[O-])ccc3n2)cc1F. The lowest BCUT2D eigenvalue weighted by Crippen LogP contribution is -2.01. The van der Waals surface area contributed by atoms with Gasteiger partial charge in [0.05, 0.1) is 28.8 Å². The summed E-state index contributed by atoms with van der Waals surface area (Å²) in [5.41, 5.74) is 0.470. The van der Waals surface area contributed by atoms with Crippen LogP contribution in [-0.4, -0.2) is 28.1 Å². The molecule has 1 aromatic heterocycles. The van der Waals surface area contributed by atoms with Crippen LogP contribution in [0.2, 0.25) is 0 Å². The van der Waals surface area contributed by atoms with Gasteiger partial charge in [0, 0.05) is 23.1 Å². The van der Waals surface area contributed by atoms with Crippen molar-refractivity contribution in [3.63, 3.8) is 0 Å². The third kappa shape index (κ3) is 2.97. The van der Waals surface area contributed by atoms with Gasteiger partial charge < -0.3 is 9.84 Å². The van der Waals surface area contributed by atoms with E-state index in [2.05, 4.69) is 4.98 Å². The number of fused-ring (bicyclic) bond motifs is 1. The molecule has 0 amide bonds. The zero-order valence-electron chi connectivity index (χ0n) is 12.9. The van der Waals surface area contributed by atoms with Gasteiger partial charge in [0.25, 0.3) is 5.69 Å². The molecule has 0 unspecified atom stereocenters. The van der Waals surface area contributed by atoms with Crippen molar-refractivity contribution in [3.8, 4) is 17.0 Å². The van der Waals surface area contributed by atoms with Crippen LogP contribution < -0.4 is 4.74 Å². The minimum Gasteiger partial charge on any atom is -0.494 e. The molecule has 3 aromatic rings. The molecule has 1 heterocycles. The number of methoxy groups -OCH3 is 1. The van der Waals surface area contributed by atoms with Crippen molar-refractivity contribution in [1.29, 1.82) is 0 Å². The Labute approximate surface area is 140 Å². The molecular weight excluding hydrogens is 331 g/mol. The number of halogens is 1. The Morgan fingerprint density at radius 1 is 1.24 bits per heavy atom. The number of nitrogens with zero attached hydrogens (tertiary/aromatic N) is 2. The Kier molecular flexibility index (Phi) is 4.02. The summed E-state index contributed by atoms with van der Waals surface area (Å²) >= 11 is 0. The fourth-order valence-corrected chi connectivity index (χ4v) is 2.48. The van der Waals surface area contributed by atoms with Gasteiger partial charge in [-0.1, -0.05) is 0 Å². The highest BCUT2D eigenvalue weighted by molar-refractivity contribution is 6.04. The number of ether oxygens (including phenoxy) is 1. The fourth-order valence-electron chi connectivity index (χ4n) is 2.48. The number of nitro benzene ring substituents is 1. The molecule has 126 valence electrons. The van der Waals surface area contributed by atoms with E-state index in [0.29, 0.717) is 5.56 Å². The number of hydrogen-bond donors (Lipinski definition) is 1. The van der Waals surface area contributed by atoms with E-state index in [1.165, 1.54) is 37.4 Å². The molecule has 8 heteroatoms. The molecule has 0 saturated carbocycles. The van der Waals surface area contributed by atoms with Gasteiger partial charge in [0.1, 0.15) is 0 Å². The number of rotatable bonds is 4. The molecule has 0 fully saturated rings. The Morgan fingerprint density at radius 3 is 2.60 bits per heavy atom. The maximum absolute atomic E-state index is 13.9. The number of nitro groups is 1. The minimum absolute atomic E-state index is 0.0543. The molecule has 3 rings (SSSR count). The number of hydrogen-bond acceptors (Lipinski definition) is 5. The molecule has 0 atom stereocenters. The number of carboxylic acids is 1. The third-order valence-electron chi connectivity index (χ3n) is 3.68. The Morgan fingerprint density at radius 2 is 2.00 bits per heavy atom. The lowest BCUT2D eigenvalue weighted by molar-refractivity contribution is -0.384. The number of benzene rings is 2. The zero-order chi connectivity index (χ0) is 18.1. The summed E-state index contributed by atoms with van der Waals surface area (Å²) in [6.45, 7) is 0. The quantitative estimate of drug-likeness (QED) is 0.573. The van der Waals surface area contributed by atoms with Crippen LogP contribution in [0.15, 0.2) is 42.5 Å². The molecule has 0 aliphatic carbocycles. The topological polar surface area (TPSA) is 103 Å². The van der Waals surface area contributed by atoms with Gasteiger partial charge in [-0.2, -0.15) is 0 Å². The van der Waals surface area contributed by atoms with Gasteiger partial charge in [-0.3, -0.25) is 10.1 Å². The first-order valence-corrected chi connectivity index (χ1v) is 7.07. The van der Waals surface area contributed by atoms with E-state index in [0.717, 1.165) is 6.07 Å². The van der Waals surface area contributed by atoms with Crippen LogP contribution in [-0.2, 0) is 0 Å². The lowest BCUT2D eigenvalue weighted by atomic mass is 10.0. The summed E-state index contributed by atoms with van der Waals surface area (Å²) < 4.78 is 18.8. The first-order valence-electron chi connectivity index (χ1n) is 7.07. The number of carboxylic acid groups (broad SMARTS) is 1. The molecule has 2 aromatic carbocycles. The van der Waals surface area contributed by atoms with Crippen molar-refractivity contribution in [1.82, 2.24) is 4.98 Å². The van der Waals surface area contributed by atoms with Crippen LogP contribution in [0, 0.1) is 15.9 Å². The summed E-state index contributed by atoms with van der Waals surface area (Å²) in [5.74, 6) is -1.82. The molecule has 25 heavy (non-hydrogen) atoms. The van der Waals surface area contributed by atoms with E-state index >= 15 is 0 Å². The second-order valence-corrected chi connectivity index (χ2v) is 5.17. The zero-order valence-corrected chi connectivity index (χ0v) is 12.9. The van der Waals surface area contributed by atoms with Crippen LogP contribution in [0.25, 0.3) is 22.2 Å². The molecular formula is C17H11FN2O5. The largest absolute Gasteiger partial charge is 0.494 e. The summed E-state index contributed by atoms with van der Waals surface area (Å²) in [4.78, 5) is 26.1. The number of carbonyl (C=O) groups is 1. The fraction of sp³-hybridized carbons (Fsp3) is 0.0588. The molecule has 0 saturated heterocycles. The minimum atomic E-state index is -1.26. The van der Waals surface area contributed by atoms with E-state index < -0.39 is 16.7 Å².